The molecule has 0 unspecified atom stereocenters. The summed E-state index contributed by atoms with van der Waals surface area (Å²) < 4.78 is 13.4. The van der Waals surface area contributed by atoms with Crippen molar-refractivity contribution in [1.29, 1.82) is 0 Å². The van der Waals surface area contributed by atoms with Crippen molar-refractivity contribution in [2.24, 2.45) is 5.10 Å². The summed E-state index contributed by atoms with van der Waals surface area (Å²) in [5, 5.41) is 14.2. The Hall–Kier alpha value is -3.16. The molecule has 106 valence electrons. The van der Waals surface area contributed by atoms with Gasteiger partial charge in [0.1, 0.15) is 5.82 Å². The molecule has 0 aliphatic rings. The van der Waals surface area contributed by atoms with Crippen LogP contribution in [-0.4, -0.2) is 22.0 Å². The first-order valence-electron chi connectivity index (χ1n) is 5.75. The maximum Gasteiger partial charge on any atom is 0.272 e. The second-order valence-electron chi connectivity index (χ2n) is 3.90. The summed E-state index contributed by atoms with van der Waals surface area (Å²) >= 11 is 0. The minimum Gasteiger partial charge on any atom is -0.267 e. The number of hydrogen-bond acceptors (Lipinski definition) is 5. The second kappa shape index (κ2) is 6.33. The van der Waals surface area contributed by atoms with Crippen molar-refractivity contribution in [3.63, 3.8) is 0 Å². The minimum atomic E-state index is -0.681. The van der Waals surface area contributed by atoms with Gasteiger partial charge in [0.2, 0.25) is 0 Å². The Morgan fingerprint density at radius 2 is 2.24 bits per heavy atom. The fraction of sp³-hybridized carbons (Fsp3) is 0. The van der Waals surface area contributed by atoms with Gasteiger partial charge in [-0.15, -0.1) is 0 Å². The molecule has 1 aromatic heterocycles. The molecule has 1 amide bonds. The number of nitro benzene ring substituents is 1. The summed E-state index contributed by atoms with van der Waals surface area (Å²) in [6.07, 6.45) is 3.86. The lowest BCUT2D eigenvalue weighted by molar-refractivity contribution is -0.384. The maximum atomic E-state index is 13.4. The maximum absolute atomic E-state index is 13.4. The number of carbonyl (C=O) groups is 1. The first-order valence-corrected chi connectivity index (χ1v) is 5.75. The van der Waals surface area contributed by atoms with E-state index in [1.807, 2.05) is 0 Å². The average Bonchev–Trinajstić information content (AvgIpc) is 2.49. The molecule has 1 heterocycles. The highest BCUT2D eigenvalue weighted by Gasteiger charge is 2.09. The number of nitrogens with zero attached hydrogens (tertiary/aromatic N) is 3. The van der Waals surface area contributed by atoms with Gasteiger partial charge < -0.3 is 0 Å². The quantitative estimate of drug-likeness (QED) is 0.527. The first-order chi connectivity index (χ1) is 10.1. The van der Waals surface area contributed by atoms with Gasteiger partial charge in [0.05, 0.1) is 16.7 Å². The molecule has 0 aliphatic carbocycles. The molecule has 2 aromatic rings. The van der Waals surface area contributed by atoms with E-state index in [0.29, 0.717) is 0 Å². The van der Waals surface area contributed by atoms with Crippen molar-refractivity contribution in [3.05, 3.63) is 69.8 Å². The van der Waals surface area contributed by atoms with Gasteiger partial charge in [-0.2, -0.15) is 5.10 Å². The number of halogens is 1. The molecule has 0 radical (unpaired) electrons. The number of rotatable bonds is 4. The SMILES string of the molecule is O=C(NN=Cc1cc([N+](=O)[O-])ccc1F)c1cccnc1. The molecule has 0 spiro atoms. The summed E-state index contributed by atoms with van der Waals surface area (Å²) in [5.74, 6) is -1.20. The van der Waals surface area contributed by atoms with Crippen molar-refractivity contribution >= 4 is 17.8 Å². The standard InChI is InChI=1S/C13H9FN4O3/c14-12-4-3-11(18(20)21)6-10(12)8-16-17-13(19)9-2-1-5-15-7-9/h1-8H,(H,17,19). The molecule has 1 aromatic carbocycles. The average molecular weight is 288 g/mol. The Labute approximate surface area is 118 Å². The third kappa shape index (κ3) is 3.66. The Bertz CT molecular complexity index is 704. The van der Waals surface area contributed by atoms with Gasteiger partial charge in [0.15, 0.2) is 0 Å². The molecule has 2 rings (SSSR count). The van der Waals surface area contributed by atoms with E-state index in [1.165, 1.54) is 18.5 Å². The molecule has 0 bridgehead atoms. The highest BCUT2D eigenvalue weighted by atomic mass is 19.1. The molecule has 0 fully saturated rings. The van der Waals surface area contributed by atoms with Crippen LogP contribution in [0.25, 0.3) is 0 Å². The zero-order valence-electron chi connectivity index (χ0n) is 10.6. The van der Waals surface area contributed by atoms with Gasteiger partial charge in [0, 0.05) is 30.1 Å². The van der Waals surface area contributed by atoms with E-state index in [9.17, 15) is 19.3 Å². The van der Waals surface area contributed by atoms with Gasteiger partial charge in [-0.05, 0) is 18.2 Å². The van der Waals surface area contributed by atoms with Crippen LogP contribution in [0.4, 0.5) is 10.1 Å². The van der Waals surface area contributed by atoms with Crippen LogP contribution in [0.3, 0.4) is 0 Å². The highest BCUT2D eigenvalue weighted by Crippen LogP contribution is 2.15. The molecule has 7 nitrogen and oxygen atoms in total. The molecular formula is C13H9FN4O3. The molecule has 0 saturated carbocycles. The van der Waals surface area contributed by atoms with Gasteiger partial charge in [-0.1, -0.05) is 0 Å². The monoisotopic (exact) mass is 288 g/mol. The normalized spacial score (nSPS) is 10.5. The van der Waals surface area contributed by atoms with E-state index in [0.717, 1.165) is 24.4 Å². The summed E-state index contributed by atoms with van der Waals surface area (Å²) in [6.45, 7) is 0. The molecule has 0 saturated heterocycles. The zero-order valence-corrected chi connectivity index (χ0v) is 10.6. The second-order valence-corrected chi connectivity index (χ2v) is 3.90. The van der Waals surface area contributed by atoms with Crippen LogP contribution < -0.4 is 5.43 Å². The number of nitro groups is 1. The smallest absolute Gasteiger partial charge is 0.267 e. The summed E-state index contributed by atoms with van der Waals surface area (Å²) in [6, 6.07) is 6.14. The minimum absolute atomic E-state index is 0.101. The molecular weight excluding hydrogens is 279 g/mol. The Kier molecular flexibility index (Phi) is 4.30. The third-order valence-corrected chi connectivity index (χ3v) is 2.48. The number of amides is 1. The van der Waals surface area contributed by atoms with Crippen LogP contribution in [0.5, 0.6) is 0 Å². The van der Waals surface area contributed by atoms with Crippen molar-refractivity contribution in [3.8, 4) is 0 Å². The molecule has 0 aliphatic heterocycles. The summed E-state index contributed by atoms with van der Waals surface area (Å²) in [5.41, 5.74) is 2.10. The van der Waals surface area contributed by atoms with Crippen LogP contribution in [0, 0.1) is 15.9 Å². The van der Waals surface area contributed by atoms with E-state index in [2.05, 4.69) is 15.5 Å². The summed E-state index contributed by atoms with van der Waals surface area (Å²) in [4.78, 5) is 25.3. The Morgan fingerprint density at radius 1 is 1.43 bits per heavy atom. The first kappa shape index (κ1) is 14.3. The number of hydrazone groups is 1. The number of benzene rings is 1. The fourth-order valence-corrected chi connectivity index (χ4v) is 1.47. The number of pyridine rings is 1. The molecule has 1 N–H and O–H groups in total. The van der Waals surface area contributed by atoms with Gasteiger partial charge in [-0.3, -0.25) is 19.9 Å². The summed E-state index contributed by atoms with van der Waals surface area (Å²) in [7, 11) is 0. The predicted molar refractivity (Wildman–Crippen MR) is 72.4 cm³/mol. The number of nitrogens with one attached hydrogen (secondary N) is 1. The van der Waals surface area contributed by atoms with Crippen LogP contribution in [-0.2, 0) is 0 Å². The van der Waals surface area contributed by atoms with Gasteiger partial charge >= 0.3 is 0 Å². The van der Waals surface area contributed by atoms with Crippen molar-refractivity contribution in [2.75, 3.05) is 0 Å². The van der Waals surface area contributed by atoms with E-state index < -0.39 is 16.6 Å². The molecule has 0 atom stereocenters. The Balaban J connectivity index is 2.10. The van der Waals surface area contributed by atoms with Crippen molar-refractivity contribution < 1.29 is 14.1 Å². The number of carbonyl (C=O) groups excluding carboxylic acids is 1. The number of aromatic nitrogens is 1. The number of non-ortho nitro benzene ring substituents is 1. The largest absolute Gasteiger partial charge is 0.272 e. The molecule has 21 heavy (non-hydrogen) atoms. The van der Waals surface area contributed by atoms with E-state index >= 15 is 0 Å². The Morgan fingerprint density at radius 3 is 2.90 bits per heavy atom. The lowest BCUT2D eigenvalue weighted by atomic mass is 10.2. The van der Waals surface area contributed by atoms with Crippen LogP contribution in [0.15, 0.2) is 47.8 Å². The highest BCUT2D eigenvalue weighted by molar-refractivity contribution is 5.94. The lowest BCUT2D eigenvalue weighted by Gasteiger charge is -1.99. The van der Waals surface area contributed by atoms with Crippen molar-refractivity contribution in [2.45, 2.75) is 0 Å². The van der Waals surface area contributed by atoms with E-state index in [-0.39, 0.29) is 16.8 Å². The lowest BCUT2D eigenvalue weighted by Crippen LogP contribution is -2.17. The van der Waals surface area contributed by atoms with Gasteiger partial charge in [0.25, 0.3) is 11.6 Å². The topological polar surface area (TPSA) is 97.5 Å². The molecule has 8 heteroatoms. The number of hydrogen-bond donors (Lipinski definition) is 1. The van der Waals surface area contributed by atoms with Crippen LogP contribution in [0.2, 0.25) is 0 Å². The van der Waals surface area contributed by atoms with Crippen LogP contribution >= 0.6 is 0 Å². The zero-order chi connectivity index (χ0) is 15.2. The van der Waals surface area contributed by atoms with E-state index in [4.69, 9.17) is 0 Å². The third-order valence-electron chi connectivity index (χ3n) is 2.48. The van der Waals surface area contributed by atoms with Crippen LogP contribution in [0.1, 0.15) is 15.9 Å². The van der Waals surface area contributed by atoms with Gasteiger partial charge in [-0.25, -0.2) is 9.82 Å². The fourth-order valence-electron chi connectivity index (χ4n) is 1.47. The van der Waals surface area contributed by atoms with Crippen molar-refractivity contribution in [1.82, 2.24) is 10.4 Å². The van der Waals surface area contributed by atoms with E-state index in [1.54, 1.807) is 6.07 Å². The predicted octanol–water partition coefficient (Wildman–Crippen LogP) is 1.89.